The number of carbonyl (C=O) groups is 4. The van der Waals surface area contributed by atoms with Crippen LogP contribution >= 0.6 is 0 Å². The van der Waals surface area contributed by atoms with Crippen molar-refractivity contribution in [3.8, 4) is 0 Å². The first-order chi connectivity index (χ1) is 19.9. The molecule has 0 radical (unpaired) electrons. The van der Waals surface area contributed by atoms with E-state index in [0.29, 0.717) is 39.7 Å². The summed E-state index contributed by atoms with van der Waals surface area (Å²) >= 11 is 0. The predicted molar refractivity (Wildman–Crippen MR) is 160 cm³/mol. The molecule has 2 aromatic rings. The molecule has 0 aliphatic carbocycles. The molecule has 0 saturated carbocycles. The van der Waals surface area contributed by atoms with Crippen LogP contribution in [0.5, 0.6) is 0 Å². The summed E-state index contributed by atoms with van der Waals surface area (Å²) < 4.78 is 0. The summed E-state index contributed by atoms with van der Waals surface area (Å²) in [5, 5.41) is 23.4. The van der Waals surface area contributed by atoms with Gasteiger partial charge in [-0.3, -0.25) is 19.2 Å². The van der Waals surface area contributed by atoms with Gasteiger partial charge in [0.05, 0.1) is 24.1 Å². The summed E-state index contributed by atoms with van der Waals surface area (Å²) in [6.45, 7) is 13.0. The first kappa shape index (κ1) is 30.2. The van der Waals surface area contributed by atoms with Crippen molar-refractivity contribution in [3.05, 3.63) is 79.8 Å². The van der Waals surface area contributed by atoms with E-state index in [1.54, 1.807) is 6.08 Å². The molecule has 0 fully saturated rings. The van der Waals surface area contributed by atoms with E-state index in [4.69, 9.17) is 0 Å². The third-order valence-electron chi connectivity index (χ3n) is 8.24. The Morgan fingerprint density at radius 2 is 1.71 bits per heavy atom. The number of carboxylic acids is 2. The number of rotatable bonds is 10. The van der Waals surface area contributed by atoms with Crippen LogP contribution in [-0.2, 0) is 38.4 Å². The number of aromatic nitrogens is 2. The average Bonchev–Trinajstić information content (AvgIpc) is 3.56. The molecule has 0 saturated heterocycles. The van der Waals surface area contributed by atoms with Gasteiger partial charge in [0.25, 0.3) is 11.8 Å². The van der Waals surface area contributed by atoms with Gasteiger partial charge in [-0.2, -0.15) is 0 Å². The molecule has 10 nitrogen and oxygen atoms in total. The first-order valence-electron chi connectivity index (χ1n) is 13.8. The number of aliphatic imine (C=N–C) groups is 1. The van der Waals surface area contributed by atoms with Crippen LogP contribution in [0, 0.1) is 19.8 Å². The van der Waals surface area contributed by atoms with Crippen molar-refractivity contribution in [3.63, 3.8) is 0 Å². The second-order valence-electron chi connectivity index (χ2n) is 10.8. The minimum absolute atomic E-state index is 0.0921. The van der Waals surface area contributed by atoms with Crippen LogP contribution in [0.2, 0.25) is 0 Å². The SMILES string of the molecule is C=CC1=C(C)C(Cc2[nH]c(C=c3[nH]c(=CC4=NC(=O)C(C)/C4=C\C)c(C)c3CCC(=O)O)c(CC(=O)O)c2C)NC1=O. The molecule has 2 aromatic heterocycles. The molecule has 2 aliphatic heterocycles. The number of nitrogens with one attached hydrogen (secondary N) is 3. The second kappa shape index (κ2) is 12.0. The minimum atomic E-state index is -0.989. The summed E-state index contributed by atoms with van der Waals surface area (Å²) in [7, 11) is 0. The van der Waals surface area contributed by atoms with Crippen molar-refractivity contribution in [1.29, 1.82) is 0 Å². The van der Waals surface area contributed by atoms with Crippen molar-refractivity contribution >= 4 is 41.6 Å². The molecule has 2 atom stereocenters. The van der Waals surface area contributed by atoms with Gasteiger partial charge in [-0.15, -0.1) is 0 Å². The topological polar surface area (TPSA) is 165 Å². The fraction of sp³-hybridized carbons (Fsp3) is 0.344. The Hall–Kier alpha value is -4.73. The van der Waals surface area contributed by atoms with Gasteiger partial charge in [-0.25, -0.2) is 4.99 Å². The van der Waals surface area contributed by atoms with E-state index in [-0.39, 0.29) is 43.0 Å². The molecule has 0 spiro atoms. The van der Waals surface area contributed by atoms with Crippen molar-refractivity contribution < 1.29 is 29.4 Å². The van der Waals surface area contributed by atoms with Crippen LogP contribution in [0.4, 0.5) is 0 Å². The highest BCUT2D eigenvalue weighted by molar-refractivity contribution is 6.29. The van der Waals surface area contributed by atoms with E-state index in [1.165, 1.54) is 6.08 Å². The molecule has 2 aliphatic rings. The summed E-state index contributed by atoms with van der Waals surface area (Å²) in [5.74, 6) is -2.66. The largest absolute Gasteiger partial charge is 0.481 e. The van der Waals surface area contributed by atoms with E-state index in [9.17, 15) is 29.4 Å². The Morgan fingerprint density at radius 3 is 2.31 bits per heavy atom. The number of nitrogens with zero attached hydrogens (tertiary/aromatic N) is 1. The van der Waals surface area contributed by atoms with Gasteiger partial charge in [0, 0.05) is 40.5 Å². The zero-order valence-electron chi connectivity index (χ0n) is 24.5. The fourth-order valence-electron chi connectivity index (χ4n) is 5.73. The van der Waals surface area contributed by atoms with Crippen LogP contribution in [-0.4, -0.2) is 55.7 Å². The van der Waals surface area contributed by atoms with E-state index in [1.807, 2.05) is 46.8 Å². The van der Waals surface area contributed by atoms with Crippen LogP contribution in [0.15, 0.2) is 40.4 Å². The fourth-order valence-corrected chi connectivity index (χ4v) is 5.73. The van der Waals surface area contributed by atoms with Gasteiger partial charge in [0.2, 0.25) is 0 Å². The van der Waals surface area contributed by atoms with Gasteiger partial charge in [0.1, 0.15) is 0 Å². The Kier molecular flexibility index (Phi) is 8.65. The number of amides is 2. The molecular weight excluding hydrogens is 536 g/mol. The Bertz CT molecular complexity index is 1730. The summed E-state index contributed by atoms with van der Waals surface area (Å²) in [4.78, 5) is 58.9. The third-order valence-corrected chi connectivity index (χ3v) is 8.24. The van der Waals surface area contributed by atoms with Crippen LogP contribution in [0.1, 0.15) is 60.8 Å². The predicted octanol–water partition coefficient (Wildman–Crippen LogP) is 2.32. The monoisotopic (exact) mass is 572 g/mol. The van der Waals surface area contributed by atoms with Crippen molar-refractivity contribution in [1.82, 2.24) is 15.3 Å². The lowest BCUT2D eigenvalue weighted by atomic mass is 9.98. The molecule has 0 bridgehead atoms. The average molecular weight is 573 g/mol. The Morgan fingerprint density at radius 1 is 1.00 bits per heavy atom. The van der Waals surface area contributed by atoms with Gasteiger partial charge in [-0.05, 0) is 86.6 Å². The van der Waals surface area contributed by atoms with E-state index >= 15 is 0 Å². The van der Waals surface area contributed by atoms with E-state index < -0.39 is 11.9 Å². The number of allylic oxidation sites excluding steroid dienone is 1. The Labute approximate surface area is 243 Å². The highest BCUT2D eigenvalue weighted by atomic mass is 16.4. The van der Waals surface area contributed by atoms with Crippen LogP contribution in [0.3, 0.4) is 0 Å². The van der Waals surface area contributed by atoms with Crippen molar-refractivity contribution in [2.75, 3.05) is 0 Å². The van der Waals surface area contributed by atoms with Gasteiger partial charge >= 0.3 is 11.9 Å². The number of aliphatic carboxylic acids is 2. The lowest BCUT2D eigenvalue weighted by Gasteiger charge is -2.12. The molecule has 4 heterocycles. The maximum atomic E-state index is 12.3. The molecule has 42 heavy (non-hydrogen) atoms. The number of carboxylic acid groups (broad SMARTS) is 2. The maximum absolute atomic E-state index is 12.3. The normalized spacial score (nSPS) is 20.6. The highest BCUT2D eigenvalue weighted by Gasteiger charge is 2.29. The molecule has 5 N–H and O–H groups in total. The standard InChI is InChI=1S/C32H36N4O6/c1-7-19-18(6)31(41)36-26(19)13-24-16(4)21(9-10-29(37)38)27(33-24)14-28-22(11-30(39)40)17(5)23(34-28)12-25-15(3)20(8-2)32(42)35-25/h7-8,13-14,18,25,33-34H,2,9-12H2,1,3-6H3,(H,35,42)(H,37,38)(H,39,40)/b19-7+,24-13?,27-14?. The number of hydrogen-bond acceptors (Lipinski definition) is 4. The molecule has 4 rings (SSSR count). The van der Waals surface area contributed by atoms with Crippen molar-refractivity contribution in [2.45, 2.75) is 66.3 Å². The number of aromatic amines is 2. The Balaban J connectivity index is 1.86. The highest BCUT2D eigenvalue weighted by Crippen LogP contribution is 2.26. The second-order valence-corrected chi connectivity index (χ2v) is 10.8. The van der Waals surface area contributed by atoms with E-state index in [2.05, 4.69) is 26.9 Å². The lowest BCUT2D eigenvalue weighted by Crippen LogP contribution is -2.30. The van der Waals surface area contributed by atoms with Crippen LogP contribution in [0.25, 0.3) is 12.2 Å². The molecule has 2 amide bonds. The molecule has 2 unspecified atom stereocenters. The summed E-state index contributed by atoms with van der Waals surface area (Å²) in [5.41, 5.74) is 7.15. The molecule has 0 aromatic carbocycles. The van der Waals surface area contributed by atoms with Gasteiger partial charge in [0.15, 0.2) is 0 Å². The lowest BCUT2D eigenvalue weighted by molar-refractivity contribution is -0.137. The molecule has 10 heteroatoms. The quantitative estimate of drug-likeness (QED) is 0.293. The zero-order valence-corrected chi connectivity index (χ0v) is 24.5. The summed E-state index contributed by atoms with van der Waals surface area (Å²) in [6, 6.07) is -0.258. The minimum Gasteiger partial charge on any atom is -0.481 e. The number of H-pyrrole nitrogens is 2. The third kappa shape index (κ3) is 5.83. The molecule has 220 valence electrons. The van der Waals surface area contributed by atoms with Gasteiger partial charge in [-0.1, -0.05) is 18.7 Å². The van der Waals surface area contributed by atoms with E-state index in [0.717, 1.165) is 33.5 Å². The zero-order chi connectivity index (χ0) is 30.9. The van der Waals surface area contributed by atoms with Crippen molar-refractivity contribution in [2.24, 2.45) is 10.9 Å². The molecular formula is C32H36N4O6. The van der Waals surface area contributed by atoms with Gasteiger partial charge < -0.3 is 25.5 Å². The smallest absolute Gasteiger partial charge is 0.307 e. The maximum Gasteiger partial charge on any atom is 0.307 e. The van der Waals surface area contributed by atoms with Crippen LogP contribution < -0.4 is 16.0 Å². The number of hydrogen-bond donors (Lipinski definition) is 5. The number of carbonyl (C=O) groups excluding carboxylic acids is 2. The summed E-state index contributed by atoms with van der Waals surface area (Å²) in [6.07, 6.45) is 7.38. The first-order valence-corrected chi connectivity index (χ1v) is 13.8.